The van der Waals surface area contributed by atoms with Gasteiger partial charge in [0.1, 0.15) is 0 Å². The summed E-state index contributed by atoms with van der Waals surface area (Å²) >= 11 is 33.6. The molecule has 20 heavy (non-hydrogen) atoms. The van der Waals surface area contributed by atoms with E-state index >= 15 is 0 Å². The van der Waals surface area contributed by atoms with Gasteiger partial charge in [0.25, 0.3) is 0 Å². The molecular formula is C13H6Cl6O. The highest BCUT2D eigenvalue weighted by Crippen LogP contribution is 2.27. The van der Waals surface area contributed by atoms with Crippen molar-refractivity contribution in [3.05, 3.63) is 66.0 Å². The van der Waals surface area contributed by atoms with Crippen LogP contribution in [0.25, 0.3) is 0 Å². The Bertz CT molecular complexity index is 553. The van der Waals surface area contributed by atoms with Gasteiger partial charge in [-0.2, -0.15) is 0 Å². The largest absolute Gasteiger partial charge is 0.298 e. The normalized spacial score (nSPS) is 9.70. The zero-order chi connectivity index (χ0) is 15.3. The Hall–Kier alpha value is -0.150. The van der Waals surface area contributed by atoms with Crippen LogP contribution in [0.1, 0.15) is 10.4 Å². The minimum Gasteiger partial charge on any atom is -0.298 e. The Morgan fingerprint density at radius 2 is 0.900 bits per heavy atom. The van der Waals surface area contributed by atoms with Crippen LogP contribution in [0.5, 0.6) is 0 Å². The van der Waals surface area contributed by atoms with E-state index in [2.05, 4.69) is 0 Å². The van der Waals surface area contributed by atoms with Crippen molar-refractivity contribution in [2.75, 3.05) is 0 Å². The second-order valence-corrected chi connectivity index (χ2v) is 6.05. The number of hydrogen-bond acceptors (Lipinski definition) is 1. The fourth-order valence-electron chi connectivity index (χ4n) is 1.19. The first kappa shape index (κ1) is 17.9. The Labute approximate surface area is 146 Å². The molecule has 0 N–H and O–H groups in total. The fourth-order valence-corrected chi connectivity index (χ4v) is 2.97. The molecule has 0 fully saturated rings. The van der Waals surface area contributed by atoms with Gasteiger partial charge in [0.15, 0.2) is 6.29 Å². The van der Waals surface area contributed by atoms with Gasteiger partial charge in [-0.05, 0) is 30.3 Å². The summed E-state index contributed by atoms with van der Waals surface area (Å²) in [6.07, 6.45) is 0.598. The zero-order valence-electron chi connectivity index (χ0n) is 9.64. The highest BCUT2D eigenvalue weighted by molar-refractivity contribution is 6.41. The number of aldehydes is 1. The van der Waals surface area contributed by atoms with Gasteiger partial charge in [-0.25, -0.2) is 0 Å². The molecule has 0 aliphatic rings. The Morgan fingerprint density at radius 3 is 1.20 bits per heavy atom. The summed E-state index contributed by atoms with van der Waals surface area (Å²) < 4.78 is 0. The van der Waals surface area contributed by atoms with Gasteiger partial charge < -0.3 is 0 Å². The monoisotopic (exact) mass is 388 g/mol. The standard InChI is InChI=1S/C7H3Cl3O.C6H3Cl3/c8-4-1-6(9)5(3-11)7(10)2-4;7-4-1-5(8)3-6(9)2-4/h1-3H;1-3H. The van der Waals surface area contributed by atoms with E-state index in [1.165, 1.54) is 12.1 Å². The van der Waals surface area contributed by atoms with Gasteiger partial charge in [-0.15, -0.1) is 0 Å². The van der Waals surface area contributed by atoms with Gasteiger partial charge >= 0.3 is 0 Å². The molecule has 0 aromatic heterocycles. The van der Waals surface area contributed by atoms with Crippen molar-refractivity contribution in [2.24, 2.45) is 0 Å². The third kappa shape index (κ3) is 5.69. The van der Waals surface area contributed by atoms with E-state index < -0.39 is 0 Å². The predicted octanol–water partition coefficient (Wildman–Crippen LogP) is 7.11. The smallest absolute Gasteiger partial charge is 0.153 e. The highest BCUT2D eigenvalue weighted by Gasteiger charge is 2.05. The minimum absolute atomic E-state index is 0.275. The van der Waals surface area contributed by atoms with Gasteiger partial charge in [0, 0.05) is 20.1 Å². The summed E-state index contributed by atoms with van der Waals surface area (Å²) in [5.41, 5.74) is 0.276. The SMILES string of the molecule is Clc1cc(Cl)cc(Cl)c1.O=Cc1c(Cl)cc(Cl)cc1Cl. The van der Waals surface area contributed by atoms with Crippen molar-refractivity contribution in [2.45, 2.75) is 0 Å². The van der Waals surface area contributed by atoms with Crippen LogP contribution >= 0.6 is 69.6 Å². The van der Waals surface area contributed by atoms with Crippen LogP contribution < -0.4 is 0 Å². The lowest BCUT2D eigenvalue weighted by atomic mass is 10.2. The van der Waals surface area contributed by atoms with E-state index in [4.69, 9.17) is 69.6 Å². The van der Waals surface area contributed by atoms with E-state index in [1.54, 1.807) is 18.2 Å². The maximum absolute atomic E-state index is 10.3. The molecule has 1 nitrogen and oxygen atoms in total. The third-order valence-electron chi connectivity index (χ3n) is 1.99. The summed E-state index contributed by atoms with van der Waals surface area (Å²) in [6.45, 7) is 0. The van der Waals surface area contributed by atoms with Crippen LogP contribution in [-0.4, -0.2) is 6.29 Å². The quantitative estimate of drug-likeness (QED) is 0.474. The topological polar surface area (TPSA) is 17.1 Å². The molecule has 0 heterocycles. The molecule has 0 amide bonds. The molecule has 0 aliphatic carbocycles. The molecule has 2 aromatic carbocycles. The van der Waals surface area contributed by atoms with Crippen molar-refractivity contribution < 1.29 is 4.79 Å². The number of rotatable bonds is 1. The van der Waals surface area contributed by atoms with E-state index in [0.717, 1.165) is 0 Å². The second kappa shape index (κ2) is 8.33. The predicted molar refractivity (Wildman–Crippen MR) is 88.3 cm³/mol. The van der Waals surface area contributed by atoms with Crippen molar-refractivity contribution in [3.63, 3.8) is 0 Å². The molecule has 2 rings (SSSR count). The zero-order valence-corrected chi connectivity index (χ0v) is 14.2. The summed E-state index contributed by atoms with van der Waals surface area (Å²) in [6, 6.07) is 7.84. The molecule has 0 aliphatic heterocycles. The Kier molecular flexibility index (Phi) is 7.46. The summed E-state index contributed by atoms with van der Waals surface area (Å²) in [5, 5.41) is 2.66. The maximum atomic E-state index is 10.3. The summed E-state index contributed by atoms with van der Waals surface area (Å²) in [7, 11) is 0. The van der Waals surface area contributed by atoms with Crippen molar-refractivity contribution in [3.8, 4) is 0 Å². The number of hydrogen-bond donors (Lipinski definition) is 0. The molecule has 0 bridgehead atoms. The molecule has 2 aromatic rings. The number of carbonyl (C=O) groups is 1. The minimum atomic E-state index is 0.275. The fraction of sp³-hybridized carbons (Fsp3) is 0. The molecule has 0 spiro atoms. The number of benzene rings is 2. The average Bonchev–Trinajstić information content (AvgIpc) is 2.26. The Morgan fingerprint density at radius 1 is 0.600 bits per heavy atom. The Balaban J connectivity index is 0.000000204. The molecule has 0 unspecified atom stereocenters. The van der Waals surface area contributed by atoms with Crippen LogP contribution in [0, 0.1) is 0 Å². The van der Waals surface area contributed by atoms with E-state index in [-0.39, 0.29) is 15.6 Å². The number of carbonyl (C=O) groups excluding carboxylic acids is 1. The third-order valence-corrected chi connectivity index (χ3v) is 3.49. The molecule has 0 atom stereocenters. The summed E-state index contributed by atoms with van der Waals surface area (Å²) in [5.74, 6) is 0. The van der Waals surface area contributed by atoms with Gasteiger partial charge in [-0.3, -0.25) is 4.79 Å². The highest BCUT2D eigenvalue weighted by atomic mass is 35.5. The van der Waals surface area contributed by atoms with Gasteiger partial charge in [0.2, 0.25) is 0 Å². The molecule has 0 radical (unpaired) electrons. The van der Waals surface area contributed by atoms with Crippen molar-refractivity contribution in [1.82, 2.24) is 0 Å². The molecule has 106 valence electrons. The second-order valence-electron chi connectivity index (χ2n) is 3.49. The van der Waals surface area contributed by atoms with E-state index in [1.807, 2.05) is 0 Å². The maximum Gasteiger partial charge on any atom is 0.153 e. The lowest BCUT2D eigenvalue weighted by molar-refractivity contribution is 0.112. The lowest BCUT2D eigenvalue weighted by Crippen LogP contribution is -1.83. The molecule has 0 saturated heterocycles. The number of halogens is 6. The summed E-state index contributed by atoms with van der Waals surface area (Å²) in [4.78, 5) is 10.3. The first-order valence-electron chi connectivity index (χ1n) is 5.05. The molecule has 0 saturated carbocycles. The van der Waals surface area contributed by atoms with Crippen LogP contribution in [0.3, 0.4) is 0 Å². The first-order valence-corrected chi connectivity index (χ1v) is 7.31. The molecular weight excluding hydrogens is 385 g/mol. The average molecular weight is 391 g/mol. The van der Waals surface area contributed by atoms with Crippen molar-refractivity contribution in [1.29, 1.82) is 0 Å². The molecule has 7 heteroatoms. The van der Waals surface area contributed by atoms with Crippen LogP contribution in [0.15, 0.2) is 30.3 Å². The first-order chi connectivity index (χ1) is 9.33. The van der Waals surface area contributed by atoms with Gasteiger partial charge in [-0.1, -0.05) is 69.6 Å². The van der Waals surface area contributed by atoms with E-state index in [0.29, 0.717) is 26.4 Å². The van der Waals surface area contributed by atoms with Gasteiger partial charge in [0.05, 0.1) is 15.6 Å². The van der Waals surface area contributed by atoms with Crippen molar-refractivity contribution >= 4 is 75.9 Å². The van der Waals surface area contributed by atoms with E-state index in [9.17, 15) is 4.79 Å². The van der Waals surface area contributed by atoms with Crippen LogP contribution in [-0.2, 0) is 0 Å². The van der Waals surface area contributed by atoms with Crippen LogP contribution in [0.4, 0.5) is 0 Å². The lowest BCUT2D eigenvalue weighted by Gasteiger charge is -1.98. The van der Waals surface area contributed by atoms with Crippen LogP contribution in [0.2, 0.25) is 30.1 Å².